The molecule has 0 saturated heterocycles. The summed E-state index contributed by atoms with van der Waals surface area (Å²) in [5.41, 5.74) is 2.25. The molecule has 0 atom stereocenters. The van der Waals surface area contributed by atoms with Gasteiger partial charge in [0, 0.05) is 6.92 Å². The van der Waals surface area contributed by atoms with Crippen molar-refractivity contribution in [2.75, 3.05) is 0 Å². The van der Waals surface area contributed by atoms with E-state index in [1.165, 1.54) is 29.1 Å². The zero-order valence-electron chi connectivity index (χ0n) is 10.8. The molecule has 8 nitrogen and oxygen atoms in total. The number of amides is 1. The van der Waals surface area contributed by atoms with Crippen LogP contribution < -0.4 is 5.43 Å². The maximum absolute atomic E-state index is 12.7. The van der Waals surface area contributed by atoms with Crippen LogP contribution in [0.1, 0.15) is 10.7 Å². The second-order valence-electron chi connectivity index (χ2n) is 3.97. The normalized spacial score (nSPS) is 11.0. The average molecular weight is 311 g/mol. The molecule has 0 radical (unpaired) electrons. The Hall–Kier alpha value is -2.62. The minimum atomic E-state index is -0.634. The molecule has 0 aromatic carbocycles. The van der Waals surface area contributed by atoms with Crippen LogP contribution in [0.5, 0.6) is 0 Å². The number of halogens is 1. The summed E-state index contributed by atoms with van der Waals surface area (Å²) in [5, 5.41) is 13.9. The number of thiophene rings is 1. The van der Waals surface area contributed by atoms with Gasteiger partial charge in [0.15, 0.2) is 5.13 Å². The van der Waals surface area contributed by atoms with Crippen molar-refractivity contribution in [1.29, 1.82) is 0 Å². The molecule has 0 bridgehead atoms. The van der Waals surface area contributed by atoms with E-state index in [9.17, 15) is 19.3 Å². The van der Waals surface area contributed by atoms with Gasteiger partial charge in [-0.15, -0.1) is 11.3 Å². The summed E-state index contributed by atoms with van der Waals surface area (Å²) >= 11 is 0.895. The Morgan fingerprint density at radius 2 is 2.43 bits per heavy atom. The Balaban J connectivity index is 1.93. The van der Waals surface area contributed by atoms with Crippen LogP contribution in [-0.4, -0.2) is 26.6 Å². The first-order chi connectivity index (χ1) is 9.95. The van der Waals surface area contributed by atoms with Crippen molar-refractivity contribution in [2.45, 2.75) is 13.5 Å². The van der Waals surface area contributed by atoms with Gasteiger partial charge >= 0.3 is 5.82 Å². The number of aromatic nitrogens is 2. The molecule has 1 N–H and O–H groups in total. The molecular weight excluding hydrogens is 301 g/mol. The first-order valence-corrected chi connectivity index (χ1v) is 6.53. The van der Waals surface area contributed by atoms with E-state index in [0.29, 0.717) is 10.7 Å². The number of carbonyl (C=O) groups is 1. The highest BCUT2D eigenvalue weighted by Gasteiger charge is 2.16. The Kier molecular flexibility index (Phi) is 4.38. The third kappa shape index (κ3) is 3.92. The maximum Gasteiger partial charge on any atom is 0.381 e. The summed E-state index contributed by atoms with van der Waals surface area (Å²) in [7, 11) is 0. The summed E-state index contributed by atoms with van der Waals surface area (Å²) < 4.78 is 14.1. The van der Waals surface area contributed by atoms with Gasteiger partial charge in [0.2, 0.25) is 5.82 Å². The second-order valence-corrected chi connectivity index (χ2v) is 5.03. The summed E-state index contributed by atoms with van der Waals surface area (Å²) in [6.07, 6.45) is 2.49. The van der Waals surface area contributed by atoms with E-state index in [2.05, 4.69) is 15.5 Å². The predicted octanol–water partition coefficient (Wildman–Crippen LogP) is 1.45. The van der Waals surface area contributed by atoms with Gasteiger partial charge in [-0.2, -0.15) is 9.49 Å². The van der Waals surface area contributed by atoms with Gasteiger partial charge in [-0.25, -0.2) is 5.43 Å². The molecule has 0 saturated carbocycles. The van der Waals surface area contributed by atoms with Crippen LogP contribution in [0.4, 0.5) is 10.2 Å². The average Bonchev–Trinajstić information content (AvgIpc) is 2.97. The molecule has 0 aliphatic carbocycles. The minimum absolute atomic E-state index is 0.150. The van der Waals surface area contributed by atoms with Crippen LogP contribution in [0.25, 0.3) is 0 Å². The number of imidazole rings is 1. The Labute approximate surface area is 122 Å². The zero-order chi connectivity index (χ0) is 15.4. The van der Waals surface area contributed by atoms with Crippen molar-refractivity contribution in [2.24, 2.45) is 5.10 Å². The second kappa shape index (κ2) is 6.22. The lowest BCUT2D eigenvalue weighted by atomic mass is 10.5. The molecule has 110 valence electrons. The predicted molar refractivity (Wildman–Crippen MR) is 73.6 cm³/mol. The molecule has 21 heavy (non-hydrogen) atoms. The van der Waals surface area contributed by atoms with Gasteiger partial charge < -0.3 is 10.1 Å². The van der Waals surface area contributed by atoms with E-state index in [1.807, 2.05) is 0 Å². The minimum Gasteiger partial charge on any atom is -0.358 e. The SMILES string of the molecule is Cc1nc([N+](=O)[O-])cn1CC(=O)NN=Cc1ccc(F)s1. The number of hydrogen-bond acceptors (Lipinski definition) is 6. The highest BCUT2D eigenvalue weighted by molar-refractivity contribution is 7.12. The number of aryl methyl sites for hydroxylation is 1. The fraction of sp³-hybridized carbons (Fsp3) is 0.182. The molecule has 2 aromatic heterocycles. The first kappa shape index (κ1) is 14.8. The van der Waals surface area contributed by atoms with Crippen LogP contribution in [0, 0.1) is 22.2 Å². The largest absolute Gasteiger partial charge is 0.381 e. The number of rotatable bonds is 5. The van der Waals surface area contributed by atoms with Gasteiger partial charge in [0.1, 0.15) is 12.7 Å². The molecule has 0 spiro atoms. The van der Waals surface area contributed by atoms with Crippen molar-refractivity contribution < 1.29 is 14.1 Å². The molecule has 1 amide bonds. The number of nitrogens with one attached hydrogen (secondary N) is 1. The number of nitrogens with zero attached hydrogens (tertiary/aromatic N) is 4. The standard InChI is InChI=1S/C11H10FN5O3S/c1-7-14-10(17(19)20)5-16(7)6-11(18)15-13-4-8-2-3-9(12)21-8/h2-5H,6H2,1H3,(H,15,18). The quantitative estimate of drug-likeness (QED) is 0.513. The summed E-state index contributed by atoms with van der Waals surface area (Å²) in [5.74, 6) is -0.447. The Bertz CT molecular complexity index is 709. The van der Waals surface area contributed by atoms with E-state index in [4.69, 9.17) is 0 Å². The molecular formula is C11H10FN5O3S. The summed E-state index contributed by atoms with van der Waals surface area (Å²) in [6.45, 7) is 1.40. The van der Waals surface area contributed by atoms with Gasteiger partial charge in [-0.05, 0) is 22.0 Å². The van der Waals surface area contributed by atoms with E-state index in [1.54, 1.807) is 6.92 Å². The van der Waals surface area contributed by atoms with Gasteiger partial charge in [-0.1, -0.05) is 0 Å². The molecule has 2 aromatic rings. The third-order valence-electron chi connectivity index (χ3n) is 2.44. The van der Waals surface area contributed by atoms with Crippen LogP contribution in [-0.2, 0) is 11.3 Å². The van der Waals surface area contributed by atoms with Crippen molar-refractivity contribution in [3.05, 3.63) is 44.3 Å². The first-order valence-electron chi connectivity index (χ1n) is 5.71. The number of hydrogen-bond donors (Lipinski definition) is 1. The van der Waals surface area contributed by atoms with E-state index in [-0.39, 0.29) is 17.5 Å². The van der Waals surface area contributed by atoms with Gasteiger partial charge in [0.25, 0.3) is 5.91 Å². The fourth-order valence-electron chi connectivity index (χ4n) is 1.50. The van der Waals surface area contributed by atoms with E-state index in [0.717, 1.165) is 11.3 Å². The van der Waals surface area contributed by atoms with Crippen molar-refractivity contribution >= 4 is 29.3 Å². The molecule has 0 aliphatic heterocycles. The Morgan fingerprint density at radius 3 is 3.00 bits per heavy atom. The number of hydrazone groups is 1. The Morgan fingerprint density at radius 1 is 1.67 bits per heavy atom. The van der Waals surface area contributed by atoms with Gasteiger partial charge in [-0.3, -0.25) is 9.36 Å². The van der Waals surface area contributed by atoms with Gasteiger partial charge in [0.05, 0.1) is 11.1 Å². The van der Waals surface area contributed by atoms with Crippen molar-refractivity contribution in [1.82, 2.24) is 15.0 Å². The number of nitro groups is 1. The van der Waals surface area contributed by atoms with Crippen molar-refractivity contribution in [3.63, 3.8) is 0 Å². The maximum atomic E-state index is 12.7. The van der Waals surface area contributed by atoms with Crippen molar-refractivity contribution in [3.8, 4) is 0 Å². The third-order valence-corrected chi connectivity index (χ3v) is 3.25. The number of carbonyl (C=O) groups excluding carboxylic acids is 1. The van der Waals surface area contributed by atoms with Crippen LogP contribution >= 0.6 is 11.3 Å². The molecule has 0 fully saturated rings. The van der Waals surface area contributed by atoms with E-state index < -0.39 is 10.8 Å². The summed E-state index contributed by atoms with van der Waals surface area (Å²) in [4.78, 5) is 25.8. The van der Waals surface area contributed by atoms with Crippen LogP contribution in [0.3, 0.4) is 0 Å². The molecule has 2 heterocycles. The van der Waals surface area contributed by atoms with E-state index >= 15 is 0 Å². The molecule has 10 heteroatoms. The summed E-state index contributed by atoms with van der Waals surface area (Å²) in [6, 6.07) is 2.82. The monoisotopic (exact) mass is 311 g/mol. The zero-order valence-corrected chi connectivity index (χ0v) is 11.6. The molecule has 0 unspecified atom stereocenters. The topological polar surface area (TPSA) is 102 Å². The lowest BCUT2D eigenvalue weighted by Gasteiger charge is -2.00. The van der Waals surface area contributed by atoms with Crippen LogP contribution in [0.2, 0.25) is 0 Å². The smallest absolute Gasteiger partial charge is 0.358 e. The highest BCUT2D eigenvalue weighted by atomic mass is 32.1. The fourth-order valence-corrected chi connectivity index (χ4v) is 2.10. The van der Waals surface area contributed by atoms with Crippen LogP contribution in [0.15, 0.2) is 23.4 Å². The molecule has 2 rings (SSSR count). The highest BCUT2D eigenvalue weighted by Crippen LogP contribution is 2.11. The molecule has 0 aliphatic rings. The lowest BCUT2D eigenvalue weighted by molar-refractivity contribution is -0.389. The lowest BCUT2D eigenvalue weighted by Crippen LogP contribution is -2.23.